The van der Waals surface area contributed by atoms with E-state index in [0.717, 1.165) is 34.2 Å². The molecule has 10 nitrogen and oxygen atoms in total. The third-order valence-electron chi connectivity index (χ3n) is 4.67. The number of rotatable bonds is 9. The predicted octanol–water partition coefficient (Wildman–Crippen LogP) is 2.09. The lowest BCUT2D eigenvalue weighted by molar-refractivity contribution is 0.838. The van der Waals surface area contributed by atoms with Gasteiger partial charge in [0, 0.05) is 16.1 Å². The lowest BCUT2D eigenvalue weighted by Crippen LogP contribution is -2.23. The van der Waals surface area contributed by atoms with E-state index in [0.29, 0.717) is 12.4 Å². The molecule has 11 heteroatoms. The maximum Gasteiger partial charge on any atom is 0.211 e. The topological polar surface area (TPSA) is 192 Å². The van der Waals surface area contributed by atoms with Crippen LogP contribution in [-0.4, -0.2) is 36.7 Å². The molecule has 0 aliphatic heterocycles. The molecule has 0 unspecified atom stereocenters. The third-order valence-corrected chi connectivity index (χ3v) is 5.92. The van der Waals surface area contributed by atoms with E-state index in [9.17, 15) is 0 Å². The highest BCUT2D eigenvalue weighted by molar-refractivity contribution is 7.22. The number of hydrogen-bond acceptors (Lipinski definition) is 6. The molecule has 0 saturated carbocycles. The van der Waals surface area contributed by atoms with Gasteiger partial charge in [0.25, 0.3) is 0 Å². The molecule has 3 rings (SSSR count). The number of aliphatic imine (C=N–C) groups is 1. The van der Waals surface area contributed by atoms with Crippen LogP contribution in [0.5, 0.6) is 0 Å². The summed E-state index contributed by atoms with van der Waals surface area (Å²) >= 11 is 1.72. The van der Waals surface area contributed by atoms with E-state index < -0.39 is 0 Å². The highest BCUT2D eigenvalue weighted by atomic mass is 32.1. The van der Waals surface area contributed by atoms with E-state index in [4.69, 9.17) is 28.7 Å². The molecule has 1 aromatic heterocycles. The second-order valence-electron chi connectivity index (χ2n) is 7.45. The maximum absolute atomic E-state index is 5.52. The first-order chi connectivity index (χ1) is 16.3. The minimum Gasteiger partial charge on any atom is -0.386 e. The van der Waals surface area contributed by atoms with Crippen LogP contribution in [0.3, 0.4) is 0 Å². The Morgan fingerprint density at radius 3 is 2.21 bits per heavy atom. The summed E-state index contributed by atoms with van der Waals surface area (Å²) in [4.78, 5) is 5.30. The second kappa shape index (κ2) is 11.6. The number of benzene rings is 2. The van der Waals surface area contributed by atoms with Crippen molar-refractivity contribution in [3.05, 3.63) is 59.2 Å². The number of thiophene rings is 1. The van der Waals surface area contributed by atoms with Crippen molar-refractivity contribution < 1.29 is 0 Å². The number of hydrogen-bond donors (Lipinski definition) is 5. The van der Waals surface area contributed by atoms with E-state index in [2.05, 4.69) is 49.7 Å². The highest BCUT2D eigenvalue weighted by Gasteiger charge is 2.14. The van der Waals surface area contributed by atoms with Crippen LogP contribution in [0.25, 0.3) is 20.5 Å². The molecule has 0 aliphatic rings. The van der Waals surface area contributed by atoms with E-state index in [1.165, 1.54) is 15.8 Å². The standard InChI is InChI=1S/C23H28N10S/c1-14(24)32-30-12-15-4-7-17(8-5-15)21-19(3-2-10-29-22(25)26)18-9-6-16(11-20(18)34-21)13-31-33-23(27)28/h4-9,11-13H,2-3,10H2,1H3,(H2,24,32)(H4,25,26,29)(H4,27,28,33)/b30-12-,31-13-. The Labute approximate surface area is 201 Å². The van der Waals surface area contributed by atoms with Crippen LogP contribution in [0.15, 0.2) is 67.9 Å². The SMILES string of the molecule is CC(N)=N/N=C\c1ccc(-c2sc3cc(/C=N\N=C(N)N)ccc3c2CCCN=C(N)N)cc1. The first-order valence-corrected chi connectivity index (χ1v) is 11.3. The number of aryl methyl sites for hydroxylation is 1. The molecule has 0 aliphatic carbocycles. The molecule has 1 heterocycles. The largest absolute Gasteiger partial charge is 0.386 e. The van der Waals surface area contributed by atoms with Gasteiger partial charge in [-0.1, -0.05) is 36.4 Å². The summed E-state index contributed by atoms with van der Waals surface area (Å²) in [7, 11) is 0. The first-order valence-electron chi connectivity index (χ1n) is 10.5. The zero-order chi connectivity index (χ0) is 24.5. The van der Waals surface area contributed by atoms with Crippen LogP contribution >= 0.6 is 11.3 Å². The van der Waals surface area contributed by atoms with Crippen molar-refractivity contribution in [1.82, 2.24) is 0 Å². The summed E-state index contributed by atoms with van der Waals surface area (Å²) in [6.07, 6.45) is 4.95. The van der Waals surface area contributed by atoms with Crippen molar-refractivity contribution in [3.8, 4) is 10.4 Å². The molecule has 34 heavy (non-hydrogen) atoms. The number of amidine groups is 1. The molecule has 0 spiro atoms. The first kappa shape index (κ1) is 24.4. The van der Waals surface area contributed by atoms with E-state index in [-0.39, 0.29) is 11.9 Å². The summed E-state index contributed by atoms with van der Waals surface area (Å²) in [6, 6.07) is 14.3. The van der Waals surface area contributed by atoms with Gasteiger partial charge in [-0.3, -0.25) is 4.99 Å². The number of nitrogens with two attached hydrogens (primary N) is 5. The minimum atomic E-state index is -0.0859. The quantitative estimate of drug-likeness (QED) is 0.136. The van der Waals surface area contributed by atoms with E-state index in [1.807, 2.05) is 18.2 Å². The van der Waals surface area contributed by atoms with Gasteiger partial charge in [0.1, 0.15) is 5.84 Å². The van der Waals surface area contributed by atoms with Gasteiger partial charge >= 0.3 is 0 Å². The average molecular weight is 477 g/mol. The van der Waals surface area contributed by atoms with Crippen molar-refractivity contribution in [2.24, 2.45) is 54.1 Å². The maximum atomic E-state index is 5.52. The summed E-state index contributed by atoms with van der Waals surface area (Å²) in [5.41, 5.74) is 31.3. The average Bonchev–Trinajstić information content (AvgIpc) is 3.14. The van der Waals surface area contributed by atoms with Gasteiger partial charge in [0.15, 0.2) is 5.96 Å². The third kappa shape index (κ3) is 6.87. The Kier molecular flexibility index (Phi) is 8.30. The summed E-state index contributed by atoms with van der Waals surface area (Å²) in [5, 5.41) is 16.6. The lowest BCUT2D eigenvalue weighted by Gasteiger charge is -2.05. The van der Waals surface area contributed by atoms with E-state index >= 15 is 0 Å². The Morgan fingerprint density at radius 1 is 0.853 bits per heavy atom. The van der Waals surface area contributed by atoms with Gasteiger partial charge < -0.3 is 28.7 Å². The van der Waals surface area contributed by atoms with Crippen LogP contribution in [-0.2, 0) is 6.42 Å². The molecule has 0 amide bonds. The molecular weight excluding hydrogens is 448 g/mol. The van der Waals surface area contributed by atoms with Gasteiger partial charge in [-0.2, -0.15) is 10.2 Å². The number of nitrogens with zero attached hydrogens (tertiary/aromatic N) is 5. The summed E-state index contributed by atoms with van der Waals surface area (Å²) < 4.78 is 1.14. The fraction of sp³-hybridized carbons (Fsp3) is 0.174. The Bertz CT molecular complexity index is 1270. The molecule has 3 aromatic rings. The predicted molar refractivity (Wildman–Crippen MR) is 145 cm³/mol. The van der Waals surface area contributed by atoms with Crippen molar-refractivity contribution in [1.29, 1.82) is 0 Å². The number of guanidine groups is 2. The van der Waals surface area contributed by atoms with Crippen molar-refractivity contribution >= 4 is 51.6 Å². The normalized spacial score (nSPS) is 12.0. The molecular formula is C23H28N10S. The zero-order valence-electron chi connectivity index (χ0n) is 18.8. The van der Waals surface area contributed by atoms with Crippen molar-refractivity contribution in [3.63, 3.8) is 0 Å². The van der Waals surface area contributed by atoms with Crippen LogP contribution in [0, 0.1) is 0 Å². The summed E-state index contributed by atoms with van der Waals surface area (Å²) in [5.74, 6) is 0.426. The molecule has 0 bridgehead atoms. The fourth-order valence-corrected chi connectivity index (χ4v) is 4.57. The van der Waals surface area contributed by atoms with Crippen LogP contribution in [0.4, 0.5) is 0 Å². The smallest absolute Gasteiger partial charge is 0.211 e. The van der Waals surface area contributed by atoms with Gasteiger partial charge in [-0.15, -0.1) is 21.5 Å². The second-order valence-corrected chi connectivity index (χ2v) is 8.51. The molecule has 0 fully saturated rings. The molecule has 176 valence electrons. The van der Waals surface area contributed by atoms with Gasteiger partial charge in [-0.25, -0.2) is 0 Å². The summed E-state index contributed by atoms with van der Waals surface area (Å²) in [6.45, 7) is 2.26. The van der Waals surface area contributed by atoms with Crippen LogP contribution in [0.1, 0.15) is 30.0 Å². The Balaban J connectivity index is 1.96. The molecule has 0 radical (unpaired) electrons. The van der Waals surface area contributed by atoms with Crippen LogP contribution < -0.4 is 28.7 Å². The lowest BCUT2D eigenvalue weighted by atomic mass is 10.0. The van der Waals surface area contributed by atoms with Gasteiger partial charge in [0.05, 0.1) is 12.4 Å². The minimum absolute atomic E-state index is 0.0859. The van der Waals surface area contributed by atoms with Crippen molar-refractivity contribution in [2.45, 2.75) is 19.8 Å². The van der Waals surface area contributed by atoms with E-state index in [1.54, 1.807) is 30.7 Å². The highest BCUT2D eigenvalue weighted by Crippen LogP contribution is 2.39. The molecule has 0 saturated heterocycles. The van der Waals surface area contributed by atoms with Crippen molar-refractivity contribution in [2.75, 3.05) is 6.54 Å². The van der Waals surface area contributed by atoms with Crippen LogP contribution in [0.2, 0.25) is 0 Å². The molecule has 2 aromatic carbocycles. The fourth-order valence-electron chi connectivity index (χ4n) is 3.26. The molecule has 10 N–H and O–H groups in total. The zero-order valence-corrected chi connectivity index (χ0v) is 19.7. The monoisotopic (exact) mass is 476 g/mol. The number of fused-ring (bicyclic) bond motifs is 1. The molecule has 0 atom stereocenters. The Morgan fingerprint density at radius 2 is 1.53 bits per heavy atom. The van der Waals surface area contributed by atoms with Gasteiger partial charge in [-0.05, 0) is 53.5 Å². The Hall–Kier alpha value is -4.25. The van der Waals surface area contributed by atoms with Gasteiger partial charge in [0.2, 0.25) is 5.96 Å².